The molecule has 2 nitrogen and oxygen atoms in total. The molecule has 0 radical (unpaired) electrons. The molecule has 27 heavy (non-hydrogen) atoms. The molecule has 4 rings (SSSR count). The number of benzene rings is 2. The zero-order valence-corrected chi connectivity index (χ0v) is 16.2. The van der Waals surface area contributed by atoms with E-state index in [1.165, 1.54) is 44.1 Å². The number of aromatic nitrogens is 1. The largest absolute Gasteiger partial charge is 0.487 e. The van der Waals surface area contributed by atoms with E-state index < -0.39 is 0 Å². The van der Waals surface area contributed by atoms with Gasteiger partial charge in [0.15, 0.2) is 0 Å². The van der Waals surface area contributed by atoms with Crippen molar-refractivity contribution in [1.82, 2.24) is 4.98 Å². The van der Waals surface area contributed by atoms with Crippen LogP contribution in [0.5, 0.6) is 5.75 Å². The lowest BCUT2D eigenvalue weighted by atomic mass is 9.83. The van der Waals surface area contributed by atoms with Crippen molar-refractivity contribution in [3.63, 3.8) is 0 Å². The van der Waals surface area contributed by atoms with Gasteiger partial charge in [-0.05, 0) is 54.5 Å². The van der Waals surface area contributed by atoms with Crippen LogP contribution in [0.2, 0.25) is 0 Å². The highest BCUT2D eigenvalue weighted by Gasteiger charge is 2.20. The van der Waals surface area contributed by atoms with E-state index in [4.69, 9.17) is 4.74 Å². The van der Waals surface area contributed by atoms with Crippen LogP contribution in [0.4, 0.5) is 0 Å². The molecule has 0 saturated heterocycles. The fourth-order valence-corrected chi connectivity index (χ4v) is 4.30. The molecule has 2 aromatic carbocycles. The standard InChI is InChI=1S/C25H29NO/c1-19(20-8-4-2-3-5-9-20)21-13-16-24(17-14-21)27-18-23-15-12-22-10-6-7-11-25(22)26-23/h6-7,10-17,19-20H,2-5,8-9,18H2,1H3. The Hall–Kier alpha value is -2.35. The number of hydrogen-bond donors (Lipinski definition) is 0. The Morgan fingerprint density at radius 2 is 1.63 bits per heavy atom. The van der Waals surface area contributed by atoms with E-state index in [0.29, 0.717) is 12.5 Å². The van der Waals surface area contributed by atoms with Crippen LogP contribution in [-0.4, -0.2) is 4.98 Å². The van der Waals surface area contributed by atoms with Gasteiger partial charge in [-0.15, -0.1) is 0 Å². The molecule has 1 aliphatic carbocycles. The predicted molar refractivity (Wildman–Crippen MR) is 112 cm³/mol. The third-order valence-corrected chi connectivity index (χ3v) is 6.06. The molecule has 0 bridgehead atoms. The van der Waals surface area contributed by atoms with Crippen LogP contribution < -0.4 is 4.74 Å². The smallest absolute Gasteiger partial charge is 0.130 e. The van der Waals surface area contributed by atoms with E-state index in [1.807, 2.05) is 24.3 Å². The van der Waals surface area contributed by atoms with Crippen LogP contribution in [0.1, 0.15) is 62.6 Å². The highest BCUT2D eigenvalue weighted by molar-refractivity contribution is 5.78. The number of hydrogen-bond acceptors (Lipinski definition) is 2. The first kappa shape index (κ1) is 18.0. The zero-order valence-electron chi connectivity index (χ0n) is 16.2. The minimum absolute atomic E-state index is 0.502. The SMILES string of the molecule is CC(c1ccc(OCc2ccc3ccccc3n2)cc1)C1CCCCCC1. The number of fused-ring (bicyclic) bond motifs is 1. The average Bonchev–Trinajstić information content (AvgIpc) is 3.01. The zero-order chi connectivity index (χ0) is 18.5. The van der Waals surface area contributed by atoms with Crippen LogP contribution in [0.3, 0.4) is 0 Å². The van der Waals surface area contributed by atoms with Crippen molar-refractivity contribution in [2.75, 3.05) is 0 Å². The molecule has 140 valence electrons. The number of ether oxygens (including phenoxy) is 1. The monoisotopic (exact) mass is 359 g/mol. The Balaban J connectivity index is 1.38. The lowest BCUT2D eigenvalue weighted by Crippen LogP contribution is -2.09. The molecule has 1 unspecified atom stereocenters. The van der Waals surface area contributed by atoms with Gasteiger partial charge in [0.1, 0.15) is 12.4 Å². The summed E-state index contributed by atoms with van der Waals surface area (Å²) in [6, 6.07) is 21.1. The molecule has 1 heterocycles. The Morgan fingerprint density at radius 1 is 0.889 bits per heavy atom. The first-order chi connectivity index (χ1) is 13.3. The van der Waals surface area contributed by atoms with Crippen molar-refractivity contribution in [2.45, 2.75) is 58.0 Å². The number of para-hydroxylation sites is 1. The molecule has 0 aliphatic heterocycles. The van der Waals surface area contributed by atoms with Crippen LogP contribution >= 0.6 is 0 Å². The van der Waals surface area contributed by atoms with Gasteiger partial charge in [-0.1, -0.05) is 69.0 Å². The van der Waals surface area contributed by atoms with E-state index in [9.17, 15) is 0 Å². The Bertz CT molecular complexity index is 863. The highest BCUT2D eigenvalue weighted by atomic mass is 16.5. The van der Waals surface area contributed by atoms with E-state index in [-0.39, 0.29) is 0 Å². The van der Waals surface area contributed by atoms with Crippen LogP contribution in [0.15, 0.2) is 60.7 Å². The number of rotatable bonds is 5. The fraction of sp³-hybridized carbons (Fsp3) is 0.400. The van der Waals surface area contributed by atoms with Crippen molar-refractivity contribution in [3.8, 4) is 5.75 Å². The summed E-state index contributed by atoms with van der Waals surface area (Å²) in [5.41, 5.74) is 3.42. The molecule has 1 saturated carbocycles. The lowest BCUT2D eigenvalue weighted by Gasteiger charge is -2.23. The summed E-state index contributed by atoms with van der Waals surface area (Å²) in [5.74, 6) is 2.39. The van der Waals surface area contributed by atoms with Crippen molar-refractivity contribution < 1.29 is 4.74 Å². The highest BCUT2D eigenvalue weighted by Crippen LogP contribution is 2.35. The summed E-state index contributed by atoms with van der Waals surface area (Å²) >= 11 is 0. The third-order valence-electron chi connectivity index (χ3n) is 6.06. The first-order valence-electron chi connectivity index (χ1n) is 10.4. The summed E-state index contributed by atoms with van der Waals surface area (Å²) in [7, 11) is 0. The molecule has 0 N–H and O–H groups in total. The van der Waals surface area contributed by atoms with E-state index >= 15 is 0 Å². The second kappa shape index (κ2) is 8.56. The second-order valence-electron chi connectivity index (χ2n) is 7.89. The minimum Gasteiger partial charge on any atom is -0.487 e. The molecule has 3 aromatic rings. The molecule has 1 aliphatic rings. The molecule has 1 aromatic heterocycles. The summed E-state index contributed by atoms with van der Waals surface area (Å²) in [6.45, 7) is 2.90. The van der Waals surface area contributed by atoms with E-state index in [1.54, 1.807) is 0 Å². The quantitative estimate of drug-likeness (QED) is 0.463. The Labute approximate surface area is 162 Å². The fourth-order valence-electron chi connectivity index (χ4n) is 4.30. The lowest BCUT2D eigenvalue weighted by molar-refractivity contribution is 0.301. The number of nitrogens with zero attached hydrogens (tertiary/aromatic N) is 1. The van der Waals surface area contributed by atoms with Gasteiger partial charge in [0.05, 0.1) is 11.2 Å². The van der Waals surface area contributed by atoms with Crippen molar-refractivity contribution in [2.24, 2.45) is 5.92 Å². The summed E-state index contributed by atoms with van der Waals surface area (Å²) in [4.78, 5) is 4.68. The van der Waals surface area contributed by atoms with E-state index in [2.05, 4.69) is 48.3 Å². The van der Waals surface area contributed by atoms with Crippen LogP contribution in [0, 0.1) is 5.92 Å². The van der Waals surface area contributed by atoms with Gasteiger partial charge < -0.3 is 4.74 Å². The summed E-state index contributed by atoms with van der Waals surface area (Å²) < 4.78 is 5.98. The van der Waals surface area contributed by atoms with Gasteiger partial charge in [-0.2, -0.15) is 0 Å². The van der Waals surface area contributed by atoms with Crippen molar-refractivity contribution >= 4 is 10.9 Å². The molecule has 0 spiro atoms. The molecule has 1 fully saturated rings. The van der Waals surface area contributed by atoms with Gasteiger partial charge >= 0.3 is 0 Å². The maximum atomic E-state index is 5.98. The average molecular weight is 360 g/mol. The second-order valence-corrected chi connectivity index (χ2v) is 7.89. The Morgan fingerprint density at radius 3 is 2.41 bits per heavy atom. The molecule has 0 amide bonds. The van der Waals surface area contributed by atoms with Crippen LogP contribution in [0.25, 0.3) is 10.9 Å². The van der Waals surface area contributed by atoms with Gasteiger partial charge in [0.25, 0.3) is 0 Å². The van der Waals surface area contributed by atoms with Crippen LogP contribution in [-0.2, 0) is 6.61 Å². The van der Waals surface area contributed by atoms with Gasteiger partial charge in [0.2, 0.25) is 0 Å². The molecule has 2 heteroatoms. The third kappa shape index (κ3) is 4.50. The minimum atomic E-state index is 0.502. The predicted octanol–water partition coefficient (Wildman–Crippen LogP) is 6.89. The molecular formula is C25H29NO. The van der Waals surface area contributed by atoms with Gasteiger partial charge in [0, 0.05) is 5.39 Å². The Kier molecular flexibility index (Phi) is 5.72. The normalized spacial score (nSPS) is 16.8. The first-order valence-corrected chi connectivity index (χ1v) is 10.4. The van der Waals surface area contributed by atoms with E-state index in [0.717, 1.165) is 28.3 Å². The summed E-state index contributed by atoms with van der Waals surface area (Å²) in [6.07, 6.45) is 8.39. The topological polar surface area (TPSA) is 22.1 Å². The van der Waals surface area contributed by atoms with Gasteiger partial charge in [-0.3, -0.25) is 0 Å². The van der Waals surface area contributed by atoms with Crippen molar-refractivity contribution in [1.29, 1.82) is 0 Å². The van der Waals surface area contributed by atoms with Gasteiger partial charge in [-0.25, -0.2) is 4.98 Å². The summed E-state index contributed by atoms with van der Waals surface area (Å²) in [5, 5.41) is 1.16. The number of pyridine rings is 1. The maximum Gasteiger partial charge on any atom is 0.130 e. The maximum absolute atomic E-state index is 5.98. The molecular weight excluding hydrogens is 330 g/mol. The molecule has 1 atom stereocenters. The van der Waals surface area contributed by atoms with Crippen molar-refractivity contribution in [3.05, 3.63) is 71.9 Å².